The summed E-state index contributed by atoms with van der Waals surface area (Å²) < 4.78 is 59.3. The molecule has 20 nitrogen and oxygen atoms in total. The molecule has 4 fully saturated rings. The van der Waals surface area contributed by atoms with Gasteiger partial charge in [0.2, 0.25) is 23.5 Å². The van der Waals surface area contributed by atoms with Crippen LogP contribution in [0.4, 0.5) is 14.5 Å². The molecule has 2 aliphatic heterocycles. The lowest BCUT2D eigenvalue weighted by molar-refractivity contribution is -0.140. The first-order valence-corrected chi connectivity index (χ1v) is 30.1. The van der Waals surface area contributed by atoms with Crippen molar-refractivity contribution in [2.75, 3.05) is 91.5 Å². The fraction of sp³-hybridized carbons (Fsp3) is 0.567. The van der Waals surface area contributed by atoms with Gasteiger partial charge in [-0.15, -0.1) is 11.3 Å². The van der Waals surface area contributed by atoms with Gasteiger partial charge in [0.25, 0.3) is 11.8 Å². The van der Waals surface area contributed by atoms with Crippen molar-refractivity contribution in [1.82, 2.24) is 45.4 Å². The molecule has 446 valence electrons. The molecule has 0 spiro atoms. The SMILES string of the molecule is CN[C@@H](C)C(=O)N[C@H](C(=O)N1CCC[C@H]1c1nc(C(=O)c2cccc(OCCOCCOCCOCCOCCC(=O)N3CC([C@@H](c4ccccc4)n4cc(NC(=O)c5n[nH]c6c5C[C@@H]5C(F)(F)[C@]5(C)C6)cn4)C3)c2)cs1)C1CCCCC1. The fourth-order valence-corrected chi connectivity index (χ4v) is 13.1. The number of anilines is 1. The van der Waals surface area contributed by atoms with Crippen LogP contribution in [0.1, 0.15) is 126 Å². The number of hydrogen-bond acceptors (Lipinski definition) is 15. The number of aromatic nitrogens is 5. The second kappa shape index (κ2) is 27.0. The molecule has 0 radical (unpaired) electrons. The van der Waals surface area contributed by atoms with Crippen molar-refractivity contribution in [1.29, 1.82) is 0 Å². The van der Waals surface area contributed by atoms with Crippen LogP contribution in [0.2, 0.25) is 0 Å². The van der Waals surface area contributed by atoms with E-state index in [1.807, 2.05) is 35.2 Å². The standard InChI is InChI=1S/C60H76F2N10O10S/c1-38(63-3)55(75)67-51(39-12-6-4-7-13-39)58(77)71-20-11-18-48(71)57-66-47(37-83-57)54(74)41-16-10-17-44(30-41)82-29-28-81-27-26-80-25-24-79-23-22-78-21-19-50(73)70-34-42(35-70)53(40-14-8-5-9-15-40)72-36-43(33-64-72)65-56(76)52-45-31-49-59(2,60(49,61)62)32-46(45)68-69-52/h5,8-10,14-17,30,33,36-39,42,48-49,51,53,63H,4,6-7,11-13,18-29,31-32,34-35H2,1-3H3,(H,65,76)(H,67,75)(H,68,69)/t38-,48-,49-,51-,53+,59+/m0/s1. The van der Waals surface area contributed by atoms with Gasteiger partial charge in [0.1, 0.15) is 29.1 Å². The van der Waals surface area contributed by atoms with Crippen LogP contribution >= 0.6 is 11.3 Å². The predicted octanol–water partition coefficient (Wildman–Crippen LogP) is 6.84. The van der Waals surface area contributed by atoms with Crippen molar-refractivity contribution >= 4 is 46.4 Å². The third-order valence-electron chi connectivity index (χ3n) is 17.3. The molecule has 10 rings (SSSR count). The maximum absolute atomic E-state index is 14.5. The molecule has 5 aliphatic rings. The highest BCUT2D eigenvalue weighted by molar-refractivity contribution is 7.10. The van der Waals surface area contributed by atoms with Gasteiger partial charge in [0.15, 0.2) is 5.69 Å². The average molecular weight is 1170 g/mol. The molecule has 4 amide bonds. The normalized spacial score (nSPS) is 21.3. The summed E-state index contributed by atoms with van der Waals surface area (Å²) in [5.41, 5.74) is 2.38. The number of likely N-dealkylation sites (N-methyl/N-ethyl adjacent to an activating group) is 1. The maximum Gasteiger partial charge on any atom is 0.276 e. The summed E-state index contributed by atoms with van der Waals surface area (Å²) in [6.45, 7) is 8.01. The van der Waals surface area contributed by atoms with Gasteiger partial charge in [-0.3, -0.25) is 33.8 Å². The first-order chi connectivity index (χ1) is 40.2. The number of nitrogens with zero attached hydrogens (tertiary/aromatic N) is 6. The Morgan fingerprint density at radius 3 is 2.29 bits per heavy atom. The van der Waals surface area contributed by atoms with E-state index in [0.29, 0.717) is 99.8 Å². The second-order valence-electron chi connectivity index (χ2n) is 22.6. The van der Waals surface area contributed by atoms with Gasteiger partial charge in [0, 0.05) is 71.7 Å². The smallest absolute Gasteiger partial charge is 0.276 e. The molecule has 83 heavy (non-hydrogen) atoms. The molecule has 6 atom stereocenters. The van der Waals surface area contributed by atoms with Crippen LogP contribution in [0.5, 0.6) is 5.75 Å². The topological polar surface area (TPSA) is 233 Å². The number of H-pyrrole nitrogens is 1. The van der Waals surface area contributed by atoms with Crippen molar-refractivity contribution in [3.63, 3.8) is 0 Å². The molecule has 5 aromatic rings. The zero-order chi connectivity index (χ0) is 58.1. The van der Waals surface area contributed by atoms with E-state index in [0.717, 1.165) is 55.5 Å². The van der Waals surface area contributed by atoms with Crippen molar-refractivity contribution in [3.05, 3.63) is 111 Å². The Kier molecular flexibility index (Phi) is 19.4. The highest BCUT2D eigenvalue weighted by Crippen LogP contribution is 2.70. The van der Waals surface area contributed by atoms with E-state index in [1.165, 1.54) is 11.3 Å². The summed E-state index contributed by atoms with van der Waals surface area (Å²) in [5.74, 6) is -3.86. The number of carbonyl (C=O) groups is 5. The number of benzene rings is 2. The van der Waals surface area contributed by atoms with Gasteiger partial charge >= 0.3 is 0 Å². The first-order valence-electron chi connectivity index (χ1n) is 29.2. The van der Waals surface area contributed by atoms with Crippen LogP contribution in [0.15, 0.2) is 72.4 Å². The van der Waals surface area contributed by atoms with Crippen LogP contribution in [-0.2, 0) is 46.2 Å². The molecule has 3 aromatic heterocycles. The molecule has 23 heteroatoms. The number of nitrogens with one attached hydrogen (secondary N) is 4. The minimum atomic E-state index is -2.76. The minimum absolute atomic E-state index is 0.00810. The van der Waals surface area contributed by atoms with Gasteiger partial charge in [-0.05, 0) is 69.7 Å². The van der Waals surface area contributed by atoms with Gasteiger partial charge in [-0.2, -0.15) is 10.2 Å². The van der Waals surface area contributed by atoms with Gasteiger partial charge in [-0.25, -0.2) is 13.8 Å². The molecular formula is C60H76F2N10O10S. The summed E-state index contributed by atoms with van der Waals surface area (Å²) in [7, 11) is 1.73. The average Bonchev–Trinajstić information content (AvgIpc) is 1.57. The second-order valence-corrected chi connectivity index (χ2v) is 23.5. The van der Waals surface area contributed by atoms with Crippen LogP contribution in [-0.4, -0.2) is 168 Å². The molecule has 2 aromatic carbocycles. The Morgan fingerprint density at radius 2 is 1.57 bits per heavy atom. The largest absolute Gasteiger partial charge is 0.491 e. The number of ether oxygens (including phenoxy) is 5. The molecule has 0 unspecified atom stereocenters. The number of alkyl halides is 2. The van der Waals surface area contributed by atoms with Crippen molar-refractivity contribution < 1.29 is 56.4 Å². The quantitative estimate of drug-likeness (QED) is 0.0284. The summed E-state index contributed by atoms with van der Waals surface area (Å²) in [6.07, 6.45) is 10.4. The van der Waals surface area contributed by atoms with E-state index in [2.05, 4.69) is 31.2 Å². The first kappa shape index (κ1) is 59.7. The van der Waals surface area contributed by atoms with Crippen LogP contribution in [0.3, 0.4) is 0 Å². The third-order valence-corrected chi connectivity index (χ3v) is 18.2. The van der Waals surface area contributed by atoms with Gasteiger partial charge in [0.05, 0.1) is 89.3 Å². The minimum Gasteiger partial charge on any atom is -0.491 e. The van der Waals surface area contributed by atoms with E-state index >= 15 is 0 Å². The molecule has 3 aliphatic carbocycles. The van der Waals surface area contributed by atoms with E-state index in [9.17, 15) is 32.8 Å². The number of fused-ring (bicyclic) bond motifs is 2. The van der Waals surface area contributed by atoms with E-state index in [4.69, 9.17) is 28.7 Å². The predicted molar refractivity (Wildman–Crippen MR) is 303 cm³/mol. The van der Waals surface area contributed by atoms with Crippen LogP contribution in [0, 0.1) is 23.2 Å². The van der Waals surface area contributed by atoms with Gasteiger partial charge in [-0.1, -0.05) is 68.7 Å². The maximum atomic E-state index is 14.5. The lowest BCUT2D eigenvalue weighted by Gasteiger charge is -2.43. The molecule has 4 N–H and O–H groups in total. The number of ketones is 1. The molecule has 5 heterocycles. The van der Waals surface area contributed by atoms with Crippen molar-refractivity contribution in [2.24, 2.45) is 23.2 Å². The summed E-state index contributed by atoms with van der Waals surface area (Å²) >= 11 is 1.38. The van der Waals surface area contributed by atoms with Crippen molar-refractivity contribution in [3.8, 4) is 5.75 Å². The number of likely N-dealkylation sites (tertiary alicyclic amines) is 2. The summed E-state index contributed by atoms with van der Waals surface area (Å²) in [4.78, 5) is 75.8. The monoisotopic (exact) mass is 1170 g/mol. The van der Waals surface area contributed by atoms with Crippen molar-refractivity contribution in [2.45, 2.75) is 108 Å². The summed E-state index contributed by atoms with van der Waals surface area (Å²) in [5, 5.41) is 23.0. The lowest BCUT2D eigenvalue weighted by atomic mass is 9.83. The Balaban J connectivity index is 0.567. The lowest BCUT2D eigenvalue weighted by Crippen LogP contribution is -2.55. The van der Waals surface area contributed by atoms with Crippen LogP contribution in [0.25, 0.3) is 0 Å². The number of thiazole rings is 1. The third kappa shape index (κ3) is 13.7. The van der Waals surface area contributed by atoms with Gasteiger partial charge < -0.3 is 49.4 Å². The highest BCUT2D eigenvalue weighted by Gasteiger charge is 2.78. The zero-order valence-electron chi connectivity index (χ0n) is 47.5. The highest BCUT2D eigenvalue weighted by atomic mass is 32.1. The number of halogens is 2. The summed E-state index contributed by atoms with van der Waals surface area (Å²) in [6, 6.07) is 15.4. The Morgan fingerprint density at radius 1 is 0.855 bits per heavy atom. The van der Waals surface area contributed by atoms with E-state index in [1.54, 1.807) is 72.5 Å². The molecular weight excluding hydrogens is 1090 g/mol. The number of hydrogen-bond donors (Lipinski definition) is 4. The number of amides is 4. The fourth-order valence-electron chi connectivity index (χ4n) is 12.2. The number of carbonyl (C=O) groups excluding carboxylic acids is 5. The van der Waals surface area contributed by atoms with E-state index < -0.39 is 35.2 Å². The molecule has 0 bridgehead atoms. The molecule has 2 saturated carbocycles. The van der Waals surface area contributed by atoms with Crippen LogP contribution < -0.4 is 20.7 Å². The Hall–Kier alpha value is -6.50. The Bertz CT molecular complexity index is 3040. The zero-order valence-corrected chi connectivity index (χ0v) is 48.3. The number of rotatable bonds is 29. The Labute approximate surface area is 486 Å². The molecule has 2 saturated heterocycles. The number of aromatic amines is 1. The van der Waals surface area contributed by atoms with E-state index in [-0.39, 0.29) is 85.6 Å².